The number of nitrogens with zero attached hydrogens (tertiary/aromatic N) is 1. The third kappa shape index (κ3) is 3.61. The normalized spacial score (nSPS) is 19.7. The summed E-state index contributed by atoms with van der Waals surface area (Å²) in [5.74, 6) is -0.341. The standard InChI is InChI=1S/C16H15ClF3NO3/c17-12-5-11(6-13(7-12)24-16(18,19)20)10-1-3-15(4-2-10)8-21(9-15)14(22)23/h1,5-7H,2-4,8-9H2,(H,22,23). The summed E-state index contributed by atoms with van der Waals surface area (Å²) in [4.78, 5) is 12.2. The monoisotopic (exact) mass is 361 g/mol. The molecule has 1 aliphatic carbocycles. The summed E-state index contributed by atoms with van der Waals surface area (Å²) >= 11 is 5.90. The van der Waals surface area contributed by atoms with E-state index in [9.17, 15) is 18.0 Å². The lowest BCUT2D eigenvalue weighted by atomic mass is 9.69. The molecule has 0 radical (unpaired) electrons. The van der Waals surface area contributed by atoms with E-state index in [1.165, 1.54) is 11.0 Å². The van der Waals surface area contributed by atoms with Crippen LogP contribution in [0.15, 0.2) is 24.3 Å². The minimum absolute atomic E-state index is 0.0359. The lowest BCUT2D eigenvalue weighted by Crippen LogP contribution is -2.58. The zero-order valence-corrected chi connectivity index (χ0v) is 13.3. The Morgan fingerprint density at radius 3 is 2.54 bits per heavy atom. The highest BCUT2D eigenvalue weighted by Gasteiger charge is 2.45. The van der Waals surface area contributed by atoms with Gasteiger partial charge in [-0.25, -0.2) is 4.79 Å². The van der Waals surface area contributed by atoms with Crippen molar-refractivity contribution in [3.8, 4) is 5.75 Å². The predicted octanol–water partition coefficient (Wildman–Crippen LogP) is 4.79. The van der Waals surface area contributed by atoms with Gasteiger partial charge in [-0.2, -0.15) is 0 Å². The Morgan fingerprint density at radius 1 is 1.29 bits per heavy atom. The van der Waals surface area contributed by atoms with Crippen molar-refractivity contribution in [3.63, 3.8) is 0 Å². The molecular formula is C16H15ClF3NO3. The number of hydrogen-bond acceptors (Lipinski definition) is 2. The Bertz CT molecular complexity index is 696. The van der Waals surface area contributed by atoms with E-state index in [1.54, 1.807) is 6.07 Å². The molecule has 1 aromatic carbocycles. The molecule has 1 spiro atoms. The molecule has 0 bridgehead atoms. The number of rotatable bonds is 2. The van der Waals surface area contributed by atoms with Gasteiger partial charge in [-0.3, -0.25) is 0 Å². The smallest absolute Gasteiger partial charge is 0.465 e. The highest BCUT2D eigenvalue weighted by molar-refractivity contribution is 6.30. The summed E-state index contributed by atoms with van der Waals surface area (Å²) in [5, 5.41) is 9.10. The molecule has 1 saturated heterocycles. The van der Waals surface area contributed by atoms with Crippen LogP contribution >= 0.6 is 11.6 Å². The molecule has 1 aromatic rings. The molecule has 0 aromatic heterocycles. The van der Waals surface area contributed by atoms with Gasteiger partial charge in [0.2, 0.25) is 0 Å². The SMILES string of the molecule is O=C(O)N1CC2(CC=C(c3cc(Cl)cc(OC(F)(F)F)c3)CC2)C1. The Morgan fingerprint density at radius 2 is 2.00 bits per heavy atom. The van der Waals surface area contributed by atoms with E-state index >= 15 is 0 Å². The summed E-state index contributed by atoms with van der Waals surface area (Å²) in [7, 11) is 0. The van der Waals surface area contributed by atoms with Crippen LogP contribution in [0.1, 0.15) is 24.8 Å². The van der Waals surface area contributed by atoms with Gasteiger partial charge in [0.1, 0.15) is 5.75 Å². The number of allylic oxidation sites excluding steroid dienone is 2. The van der Waals surface area contributed by atoms with Crippen LogP contribution in [-0.4, -0.2) is 35.6 Å². The lowest BCUT2D eigenvalue weighted by molar-refractivity contribution is -0.274. The van der Waals surface area contributed by atoms with E-state index in [0.717, 1.165) is 18.1 Å². The number of ether oxygens (including phenoxy) is 1. The second kappa shape index (κ2) is 5.88. The molecule has 1 fully saturated rings. The van der Waals surface area contributed by atoms with Crippen molar-refractivity contribution in [2.45, 2.75) is 25.6 Å². The molecule has 4 nitrogen and oxygen atoms in total. The van der Waals surface area contributed by atoms with Crippen LogP contribution in [0.4, 0.5) is 18.0 Å². The topological polar surface area (TPSA) is 49.8 Å². The highest BCUT2D eigenvalue weighted by Crippen LogP contribution is 2.45. The Kier molecular flexibility index (Phi) is 4.15. The first-order valence-electron chi connectivity index (χ1n) is 7.39. The van der Waals surface area contributed by atoms with Crippen LogP contribution in [0.5, 0.6) is 5.75 Å². The van der Waals surface area contributed by atoms with Gasteiger partial charge < -0.3 is 14.7 Å². The van der Waals surface area contributed by atoms with Gasteiger partial charge in [-0.15, -0.1) is 13.2 Å². The predicted molar refractivity (Wildman–Crippen MR) is 82.0 cm³/mol. The summed E-state index contributed by atoms with van der Waals surface area (Å²) in [6, 6.07) is 4.06. The van der Waals surface area contributed by atoms with Gasteiger partial charge in [0.25, 0.3) is 0 Å². The second-order valence-corrected chi connectivity index (χ2v) is 6.73. The molecular weight excluding hydrogens is 347 g/mol. The van der Waals surface area contributed by atoms with Crippen LogP contribution in [0.2, 0.25) is 5.02 Å². The van der Waals surface area contributed by atoms with Crippen LogP contribution in [0.25, 0.3) is 5.57 Å². The Balaban J connectivity index is 1.74. The molecule has 1 heterocycles. The van der Waals surface area contributed by atoms with Crippen LogP contribution in [0.3, 0.4) is 0 Å². The van der Waals surface area contributed by atoms with Crippen molar-refractivity contribution in [2.75, 3.05) is 13.1 Å². The average Bonchev–Trinajstić information content (AvgIpc) is 2.42. The molecule has 3 rings (SSSR count). The summed E-state index contributed by atoms with van der Waals surface area (Å²) < 4.78 is 41.1. The van der Waals surface area contributed by atoms with Crippen LogP contribution < -0.4 is 4.74 Å². The zero-order valence-electron chi connectivity index (χ0n) is 12.6. The van der Waals surface area contributed by atoms with E-state index in [1.807, 2.05) is 6.08 Å². The molecule has 1 aliphatic heterocycles. The van der Waals surface area contributed by atoms with Gasteiger partial charge in [0, 0.05) is 23.5 Å². The number of likely N-dealkylation sites (tertiary alicyclic amines) is 1. The molecule has 0 unspecified atom stereocenters. The average molecular weight is 362 g/mol. The number of alkyl halides is 3. The van der Waals surface area contributed by atoms with E-state index < -0.39 is 12.5 Å². The maximum atomic E-state index is 12.4. The molecule has 0 atom stereocenters. The van der Waals surface area contributed by atoms with Crippen molar-refractivity contribution < 1.29 is 27.8 Å². The van der Waals surface area contributed by atoms with Gasteiger partial charge in [-0.05, 0) is 48.6 Å². The lowest BCUT2D eigenvalue weighted by Gasteiger charge is -2.50. The number of benzene rings is 1. The molecule has 1 N–H and O–H groups in total. The molecule has 130 valence electrons. The van der Waals surface area contributed by atoms with Gasteiger partial charge in [-0.1, -0.05) is 17.7 Å². The van der Waals surface area contributed by atoms with Gasteiger partial charge >= 0.3 is 12.5 Å². The first-order valence-corrected chi connectivity index (χ1v) is 7.77. The number of carboxylic acid groups (broad SMARTS) is 1. The first kappa shape index (κ1) is 17.0. The highest BCUT2D eigenvalue weighted by atomic mass is 35.5. The number of carbonyl (C=O) groups is 1. The van der Waals surface area contributed by atoms with Crippen molar-refractivity contribution in [1.82, 2.24) is 4.90 Å². The van der Waals surface area contributed by atoms with Crippen LogP contribution in [0, 0.1) is 5.41 Å². The maximum Gasteiger partial charge on any atom is 0.573 e. The van der Waals surface area contributed by atoms with E-state index in [-0.39, 0.29) is 16.2 Å². The summed E-state index contributed by atoms with van der Waals surface area (Å²) in [6.07, 6.45) is -1.55. The van der Waals surface area contributed by atoms with E-state index in [0.29, 0.717) is 31.5 Å². The summed E-state index contributed by atoms with van der Waals surface area (Å²) in [6.45, 7) is 1.01. The molecule has 24 heavy (non-hydrogen) atoms. The Labute approximate surface area is 141 Å². The van der Waals surface area contributed by atoms with E-state index in [2.05, 4.69) is 4.74 Å². The largest absolute Gasteiger partial charge is 0.573 e. The minimum Gasteiger partial charge on any atom is -0.465 e. The molecule has 0 saturated carbocycles. The first-order chi connectivity index (χ1) is 11.2. The number of amides is 1. The summed E-state index contributed by atoms with van der Waals surface area (Å²) in [5.41, 5.74) is 1.47. The zero-order chi connectivity index (χ0) is 17.5. The molecule has 1 amide bonds. The van der Waals surface area contributed by atoms with Crippen molar-refractivity contribution in [3.05, 3.63) is 34.9 Å². The molecule has 2 aliphatic rings. The third-order valence-electron chi connectivity index (χ3n) is 4.50. The quantitative estimate of drug-likeness (QED) is 0.824. The van der Waals surface area contributed by atoms with E-state index in [4.69, 9.17) is 16.7 Å². The third-order valence-corrected chi connectivity index (χ3v) is 4.72. The number of hydrogen-bond donors (Lipinski definition) is 1. The van der Waals surface area contributed by atoms with Gasteiger partial charge in [0.15, 0.2) is 0 Å². The Hall–Kier alpha value is -1.89. The molecule has 8 heteroatoms. The maximum absolute atomic E-state index is 12.4. The fourth-order valence-corrected chi connectivity index (χ4v) is 3.56. The fraction of sp³-hybridized carbons (Fsp3) is 0.438. The number of halogens is 4. The minimum atomic E-state index is -4.76. The second-order valence-electron chi connectivity index (χ2n) is 6.30. The van der Waals surface area contributed by atoms with Gasteiger partial charge in [0.05, 0.1) is 0 Å². The van der Waals surface area contributed by atoms with Crippen molar-refractivity contribution in [1.29, 1.82) is 0 Å². The van der Waals surface area contributed by atoms with Crippen molar-refractivity contribution in [2.24, 2.45) is 5.41 Å². The fourth-order valence-electron chi connectivity index (χ4n) is 3.33. The van der Waals surface area contributed by atoms with Crippen LogP contribution in [-0.2, 0) is 0 Å². The van der Waals surface area contributed by atoms with Crippen molar-refractivity contribution >= 4 is 23.3 Å².